The summed E-state index contributed by atoms with van der Waals surface area (Å²) in [4.78, 5) is 0. The SMILES string of the molecule is Cc1c(C)c(C(C)(C)C)c(C)c(O[SiH](C)C)c1O. The summed E-state index contributed by atoms with van der Waals surface area (Å²) in [5, 5.41) is 10.3. The normalized spacial score (nSPS) is 12.1. The predicted octanol–water partition coefficient (Wildman–Crippen LogP) is 3.98. The smallest absolute Gasteiger partial charge is 0.229 e. The quantitative estimate of drug-likeness (QED) is 0.821. The first kappa shape index (κ1) is 15.1. The standard InChI is InChI=1S/C15H26O2Si/c1-9-10(2)13(16)14(17-18(7)8)11(3)12(9)15(4,5)6/h16,18H,1-8H3. The van der Waals surface area contributed by atoms with Gasteiger partial charge in [0.2, 0.25) is 9.04 Å². The lowest BCUT2D eigenvalue weighted by atomic mass is 9.79. The first-order chi connectivity index (χ1) is 8.07. The molecule has 0 saturated carbocycles. The molecule has 18 heavy (non-hydrogen) atoms. The Kier molecular flexibility index (Phi) is 4.16. The number of phenols is 1. The van der Waals surface area contributed by atoms with Gasteiger partial charge in [0.25, 0.3) is 0 Å². The predicted molar refractivity (Wildman–Crippen MR) is 80.5 cm³/mol. The van der Waals surface area contributed by atoms with Crippen molar-refractivity contribution in [3.63, 3.8) is 0 Å². The highest BCUT2D eigenvalue weighted by Crippen LogP contribution is 2.43. The Labute approximate surface area is 113 Å². The van der Waals surface area contributed by atoms with E-state index in [4.69, 9.17) is 4.43 Å². The van der Waals surface area contributed by atoms with Crippen LogP contribution < -0.4 is 4.43 Å². The van der Waals surface area contributed by atoms with Gasteiger partial charge in [0, 0.05) is 0 Å². The minimum Gasteiger partial charge on any atom is -0.544 e. The number of hydrogen-bond donors (Lipinski definition) is 1. The van der Waals surface area contributed by atoms with Gasteiger partial charge in [-0.25, -0.2) is 0 Å². The zero-order valence-corrected chi connectivity index (χ0v) is 14.1. The highest BCUT2D eigenvalue weighted by Gasteiger charge is 2.25. The Bertz CT molecular complexity index is 457. The minimum absolute atomic E-state index is 0.0588. The maximum Gasteiger partial charge on any atom is 0.229 e. The van der Waals surface area contributed by atoms with Gasteiger partial charge in [-0.05, 0) is 61.5 Å². The minimum atomic E-state index is -1.22. The number of hydrogen-bond acceptors (Lipinski definition) is 2. The Morgan fingerprint density at radius 3 is 1.83 bits per heavy atom. The van der Waals surface area contributed by atoms with Gasteiger partial charge in [0.1, 0.15) is 5.75 Å². The molecule has 0 fully saturated rings. The Morgan fingerprint density at radius 2 is 1.44 bits per heavy atom. The summed E-state index contributed by atoms with van der Waals surface area (Å²) in [6.45, 7) is 16.9. The zero-order valence-electron chi connectivity index (χ0n) is 12.9. The molecule has 0 atom stereocenters. The van der Waals surface area contributed by atoms with E-state index in [2.05, 4.69) is 47.7 Å². The third-order valence-electron chi connectivity index (χ3n) is 3.33. The van der Waals surface area contributed by atoms with Crippen LogP contribution in [0.15, 0.2) is 0 Å². The summed E-state index contributed by atoms with van der Waals surface area (Å²) < 4.78 is 5.94. The molecule has 0 aromatic heterocycles. The molecule has 1 rings (SSSR count). The molecule has 0 heterocycles. The van der Waals surface area contributed by atoms with Gasteiger partial charge in [-0.2, -0.15) is 0 Å². The van der Waals surface area contributed by atoms with Crippen LogP contribution in [0.1, 0.15) is 43.0 Å². The van der Waals surface area contributed by atoms with Crippen LogP contribution in [-0.4, -0.2) is 14.1 Å². The molecule has 0 spiro atoms. The van der Waals surface area contributed by atoms with Crippen LogP contribution in [0.25, 0.3) is 0 Å². The molecule has 0 bridgehead atoms. The third kappa shape index (κ3) is 2.71. The van der Waals surface area contributed by atoms with E-state index in [9.17, 15) is 5.11 Å². The number of phenolic OH excluding ortho intramolecular Hbond substituents is 1. The van der Waals surface area contributed by atoms with Crippen molar-refractivity contribution in [2.45, 2.75) is 60.1 Å². The van der Waals surface area contributed by atoms with Crippen molar-refractivity contribution in [3.05, 3.63) is 22.3 Å². The van der Waals surface area contributed by atoms with Crippen LogP contribution in [-0.2, 0) is 5.41 Å². The molecular weight excluding hydrogens is 240 g/mol. The lowest BCUT2D eigenvalue weighted by Crippen LogP contribution is -2.19. The van der Waals surface area contributed by atoms with E-state index >= 15 is 0 Å². The second-order valence-corrected chi connectivity index (χ2v) is 8.68. The zero-order chi connectivity index (χ0) is 14.2. The van der Waals surface area contributed by atoms with Gasteiger partial charge < -0.3 is 9.53 Å². The average molecular weight is 266 g/mol. The molecule has 102 valence electrons. The molecule has 0 amide bonds. The van der Waals surface area contributed by atoms with Crippen LogP contribution in [0.2, 0.25) is 13.1 Å². The third-order valence-corrected chi connectivity index (χ3v) is 4.03. The molecule has 1 N–H and O–H groups in total. The van der Waals surface area contributed by atoms with Gasteiger partial charge >= 0.3 is 0 Å². The molecular formula is C15H26O2Si. The van der Waals surface area contributed by atoms with Crippen LogP contribution in [0.4, 0.5) is 0 Å². The average Bonchev–Trinajstić information content (AvgIpc) is 2.19. The van der Waals surface area contributed by atoms with E-state index in [1.807, 2.05) is 6.92 Å². The molecule has 1 aromatic carbocycles. The highest BCUT2D eigenvalue weighted by molar-refractivity contribution is 6.49. The first-order valence-electron chi connectivity index (χ1n) is 6.57. The van der Waals surface area contributed by atoms with Crippen molar-refractivity contribution < 1.29 is 9.53 Å². The van der Waals surface area contributed by atoms with E-state index < -0.39 is 9.04 Å². The molecule has 0 aliphatic carbocycles. The van der Waals surface area contributed by atoms with Gasteiger partial charge in [-0.15, -0.1) is 0 Å². The maximum atomic E-state index is 10.3. The first-order valence-corrected chi connectivity index (χ1v) is 9.35. The number of rotatable bonds is 2. The summed E-state index contributed by atoms with van der Waals surface area (Å²) in [6, 6.07) is 0. The van der Waals surface area contributed by atoms with E-state index in [1.165, 1.54) is 11.1 Å². The summed E-state index contributed by atoms with van der Waals surface area (Å²) >= 11 is 0. The van der Waals surface area contributed by atoms with E-state index in [0.717, 1.165) is 11.1 Å². The Balaban J connectivity index is 3.60. The Morgan fingerprint density at radius 1 is 0.944 bits per heavy atom. The van der Waals surface area contributed by atoms with Crippen molar-refractivity contribution in [3.8, 4) is 11.5 Å². The summed E-state index contributed by atoms with van der Waals surface area (Å²) in [6.07, 6.45) is 0. The van der Waals surface area contributed by atoms with E-state index in [-0.39, 0.29) is 5.41 Å². The summed E-state index contributed by atoms with van der Waals surface area (Å²) in [5.41, 5.74) is 4.56. The number of aromatic hydroxyl groups is 1. The van der Waals surface area contributed by atoms with E-state index in [1.54, 1.807) is 0 Å². The fourth-order valence-corrected chi connectivity index (χ4v) is 3.37. The monoisotopic (exact) mass is 266 g/mol. The largest absolute Gasteiger partial charge is 0.544 e. The van der Waals surface area contributed by atoms with Gasteiger partial charge in [-0.1, -0.05) is 20.8 Å². The van der Waals surface area contributed by atoms with Crippen molar-refractivity contribution in [1.29, 1.82) is 0 Å². The van der Waals surface area contributed by atoms with Gasteiger partial charge in [0.15, 0.2) is 5.75 Å². The fourth-order valence-electron chi connectivity index (χ4n) is 2.61. The molecule has 0 aliphatic heterocycles. The second kappa shape index (κ2) is 4.96. The topological polar surface area (TPSA) is 29.5 Å². The van der Waals surface area contributed by atoms with Crippen LogP contribution in [0, 0.1) is 20.8 Å². The van der Waals surface area contributed by atoms with Crippen molar-refractivity contribution in [1.82, 2.24) is 0 Å². The molecule has 0 unspecified atom stereocenters. The van der Waals surface area contributed by atoms with Crippen molar-refractivity contribution >= 4 is 9.04 Å². The number of benzene rings is 1. The lowest BCUT2D eigenvalue weighted by Gasteiger charge is -2.28. The molecule has 1 aromatic rings. The summed E-state index contributed by atoms with van der Waals surface area (Å²) in [7, 11) is -1.22. The highest BCUT2D eigenvalue weighted by atomic mass is 28.3. The van der Waals surface area contributed by atoms with Gasteiger partial charge in [0.05, 0.1) is 0 Å². The van der Waals surface area contributed by atoms with Crippen molar-refractivity contribution in [2.75, 3.05) is 0 Å². The second-order valence-electron chi connectivity index (χ2n) is 6.34. The molecule has 0 radical (unpaired) electrons. The molecule has 0 saturated heterocycles. The maximum absolute atomic E-state index is 10.3. The van der Waals surface area contributed by atoms with Crippen LogP contribution in [0.3, 0.4) is 0 Å². The van der Waals surface area contributed by atoms with Crippen molar-refractivity contribution in [2.24, 2.45) is 0 Å². The van der Waals surface area contributed by atoms with Gasteiger partial charge in [-0.3, -0.25) is 0 Å². The molecule has 0 aliphatic rings. The lowest BCUT2D eigenvalue weighted by molar-refractivity contribution is 0.431. The van der Waals surface area contributed by atoms with E-state index in [0.29, 0.717) is 11.5 Å². The summed E-state index contributed by atoms with van der Waals surface area (Å²) in [5.74, 6) is 1.02. The fraction of sp³-hybridized carbons (Fsp3) is 0.600. The van der Waals surface area contributed by atoms with Crippen LogP contribution >= 0.6 is 0 Å². The Hall–Kier alpha value is -0.963. The molecule has 2 nitrogen and oxygen atoms in total. The van der Waals surface area contributed by atoms with Crippen LogP contribution in [0.5, 0.6) is 11.5 Å². The molecule has 3 heteroatoms.